The molecule has 1 rings (SSSR count). The van der Waals surface area contributed by atoms with Crippen molar-refractivity contribution >= 4 is 6.21 Å². The van der Waals surface area contributed by atoms with E-state index in [1.807, 2.05) is 20.8 Å². The van der Waals surface area contributed by atoms with E-state index in [0.717, 1.165) is 5.56 Å². The van der Waals surface area contributed by atoms with Crippen LogP contribution in [-0.4, -0.2) is 18.1 Å². The maximum atomic E-state index is 11.9. The Morgan fingerprint density at radius 1 is 1.06 bits per heavy atom. The largest absolute Gasteiger partial charge is 0.573 e. The minimum Gasteiger partial charge on any atom is -0.406 e. The summed E-state index contributed by atoms with van der Waals surface area (Å²) in [6, 6.07) is 5.57. The maximum Gasteiger partial charge on any atom is 0.573 e. The topological polar surface area (TPSA) is 21.6 Å². The summed E-state index contributed by atoms with van der Waals surface area (Å²) in [6.45, 7) is 5.81. The van der Waals surface area contributed by atoms with Gasteiger partial charge in [0.1, 0.15) is 5.75 Å². The molecule has 2 nitrogen and oxygen atoms in total. The van der Waals surface area contributed by atoms with Crippen molar-refractivity contribution in [2.45, 2.75) is 32.7 Å². The fraction of sp³-hybridized carbons (Fsp3) is 0.417. The summed E-state index contributed by atoms with van der Waals surface area (Å²) < 4.78 is 39.5. The molecule has 0 aliphatic heterocycles. The Hall–Kier alpha value is -1.52. The molecule has 1 aromatic carbocycles. The first-order valence-electron chi connectivity index (χ1n) is 5.07. The van der Waals surface area contributed by atoms with Gasteiger partial charge in [0.2, 0.25) is 0 Å². The molecule has 94 valence electrons. The first kappa shape index (κ1) is 13.5. The van der Waals surface area contributed by atoms with Gasteiger partial charge in [-0.25, -0.2) is 0 Å². The van der Waals surface area contributed by atoms with Gasteiger partial charge in [0, 0.05) is 6.21 Å². The number of hydrogen-bond donors (Lipinski definition) is 0. The lowest BCUT2D eigenvalue weighted by Gasteiger charge is -2.11. The number of nitrogens with zero attached hydrogens (tertiary/aromatic N) is 1. The highest BCUT2D eigenvalue weighted by atomic mass is 19.4. The third-order valence-electron chi connectivity index (χ3n) is 1.71. The van der Waals surface area contributed by atoms with E-state index in [4.69, 9.17) is 0 Å². The Morgan fingerprint density at radius 3 is 2.00 bits per heavy atom. The predicted octanol–water partition coefficient (Wildman–Crippen LogP) is 3.80. The maximum absolute atomic E-state index is 11.9. The minimum atomic E-state index is -4.65. The van der Waals surface area contributed by atoms with Crippen LogP contribution in [0.4, 0.5) is 13.2 Å². The van der Waals surface area contributed by atoms with E-state index < -0.39 is 6.36 Å². The fourth-order valence-corrected chi connectivity index (χ4v) is 1.02. The van der Waals surface area contributed by atoms with Crippen LogP contribution in [0.5, 0.6) is 5.75 Å². The average Bonchev–Trinajstić information content (AvgIpc) is 2.13. The number of alkyl halides is 3. The Bertz CT molecular complexity index is 388. The monoisotopic (exact) mass is 245 g/mol. The first-order valence-corrected chi connectivity index (χ1v) is 5.07. The molecule has 0 atom stereocenters. The second kappa shape index (κ2) is 4.77. The van der Waals surface area contributed by atoms with Crippen molar-refractivity contribution in [2.75, 3.05) is 0 Å². The summed E-state index contributed by atoms with van der Waals surface area (Å²) in [4.78, 5) is 4.24. The molecule has 5 heteroatoms. The molecule has 0 saturated heterocycles. The summed E-state index contributed by atoms with van der Waals surface area (Å²) in [5.74, 6) is -0.231. The zero-order valence-corrected chi connectivity index (χ0v) is 9.88. The van der Waals surface area contributed by atoms with Gasteiger partial charge in [-0.3, -0.25) is 4.99 Å². The molecule has 1 aromatic rings. The Morgan fingerprint density at radius 2 is 1.59 bits per heavy atom. The van der Waals surface area contributed by atoms with Crippen molar-refractivity contribution in [3.63, 3.8) is 0 Å². The summed E-state index contributed by atoms with van der Waals surface area (Å²) >= 11 is 0. The van der Waals surface area contributed by atoms with E-state index in [1.165, 1.54) is 24.3 Å². The van der Waals surface area contributed by atoms with E-state index in [2.05, 4.69) is 9.73 Å². The third kappa shape index (κ3) is 5.94. The SMILES string of the molecule is CC(C)(C)N=Cc1ccc(OC(F)(F)F)cc1. The molecule has 0 spiro atoms. The minimum absolute atomic E-state index is 0.207. The number of rotatable bonds is 2. The van der Waals surface area contributed by atoms with Crippen LogP contribution in [0.2, 0.25) is 0 Å². The zero-order valence-electron chi connectivity index (χ0n) is 9.88. The lowest BCUT2D eigenvalue weighted by atomic mass is 10.1. The fourth-order valence-electron chi connectivity index (χ4n) is 1.02. The zero-order chi connectivity index (χ0) is 13.1. The molecule has 0 N–H and O–H groups in total. The molecule has 0 radical (unpaired) electrons. The van der Waals surface area contributed by atoms with Crippen molar-refractivity contribution in [1.82, 2.24) is 0 Å². The van der Waals surface area contributed by atoms with Gasteiger partial charge in [0.05, 0.1) is 5.54 Å². The summed E-state index contributed by atoms with van der Waals surface area (Å²) in [6.07, 6.45) is -3.03. The van der Waals surface area contributed by atoms with Crippen LogP contribution < -0.4 is 4.74 Å². The van der Waals surface area contributed by atoms with Crippen molar-refractivity contribution in [3.05, 3.63) is 29.8 Å². The molecule has 17 heavy (non-hydrogen) atoms. The quantitative estimate of drug-likeness (QED) is 0.726. The number of ether oxygens (including phenoxy) is 1. The van der Waals surface area contributed by atoms with Crippen molar-refractivity contribution in [2.24, 2.45) is 4.99 Å². The lowest BCUT2D eigenvalue weighted by molar-refractivity contribution is -0.274. The van der Waals surface area contributed by atoms with Gasteiger partial charge in [0.15, 0.2) is 0 Å². The molecule has 0 aliphatic rings. The average molecular weight is 245 g/mol. The Balaban J connectivity index is 2.72. The molecule has 0 aliphatic carbocycles. The van der Waals surface area contributed by atoms with Crippen LogP contribution in [0.25, 0.3) is 0 Å². The standard InChI is InChI=1S/C12H14F3NO/c1-11(2,3)16-8-9-4-6-10(7-5-9)17-12(13,14)15/h4-8H,1-3H3. The van der Waals surface area contributed by atoms with Crippen molar-refractivity contribution < 1.29 is 17.9 Å². The van der Waals surface area contributed by atoms with Crippen LogP contribution in [0, 0.1) is 0 Å². The normalized spacial score (nSPS) is 13.1. The van der Waals surface area contributed by atoms with E-state index in [0.29, 0.717) is 0 Å². The lowest BCUT2D eigenvalue weighted by Crippen LogP contribution is -2.17. The molecular formula is C12H14F3NO. The van der Waals surface area contributed by atoms with Crippen molar-refractivity contribution in [1.29, 1.82) is 0 Å². The van der Waals surface area contributed by atoms with E-state index in [-0.39, 0.29) is 11.3 Å². The molecule has 0 fully saturated rings. The molecule has 0 aromatic heterocycles. The van der Waals surface area contributed by atoms with Gasteiger partial charge in [0.25, 0.3) is 0 Å². The smallest absolute Gasteiger partial charge is 0.406 e. The first-order chi connectivity index (χ1) is 7.66. The number of halogens is 3. The van der Waals surface area contributed by atoms with E-state index >= 15 is 0 Å². The highest BCUT2D eigenvalue weighted by molar-refractivity contribution is 5.80. The molecule has 0 amide bonds. The van der Waals surface area contributed by atoms with Gasteiger partial charge in [-0.15, -0.1) is 13.2 Å². The molecule has 0 bridgehead atoms. The van der Waals surface area contributed by atoms with E-state index in [9.17, 15) is 13.2 Å². The summed E-state index contributed by atoms with van der Waals surface area (Å²) in [5.41, 5.74) is 0.524. The predicted molar refractivity (Wildman–Crippen MR) is 60.5 cm³/mol. The van der Waals surface area contributed by atoms with Gasteiger partial charge < -0.3 is 4.74 Å². The Labute approximate surface area is 98.1 Å². The van der Waals surface area contributed by atoms with Gasteiger partial charge >= 0.3 is 6.36 Å². The second-order valence-electron chi connectivity index (χ2n) is 4.55. The number of hydrogen-bond acceptors (Lipinski definition) is 2. The molecule has 0 heterocycles. The number of aliphatic imine (C=N–C) groups is 1. The van der Waals surface area contributed by atoms with Gasteiger partial charge in [-0.05, 0) is 50.6 Å². The van der Waals surface area contributed by atoms with Crippen LogP contribution in [0.15, 0.2) is 29.3 Å². The molecule has 0 saturated carbocycles. The van der Waals surface area contributed by atoms with Gasteiger partial charge in [-0.2, -0.15) is 0 Å². The van der Waals surface area contributed by atoms with Crippen molar-refractivity contribution in [3.8, 4) is 5.75 Å². The van der Waals surface area contributed by atoms with Gasteiger partial charge in [-0.1, -0.05) is 0 Å². The van der Waals surface area contributed by atoms with Crippen LogP contribution in [0.1, 0.15) is 26.3 Å². The van der Waals surface area contributed by atoms with Crippen LogP contribution >= 0.6 is 0 Å². The van der Waals surface area contributed by atoms with Crippen LogP contribution in [0.3, 0.4) is 0 Å². The second-order valence-corrected chi connectivity index (χ2v) is 4.55. The summed E-state index contributed by atoms with van der Waals surface area (Å²) in [7, 11) is 0. The molecular weight excluding hydrogens is 231 g/mol. The molecule has 0 unspecified atom stereocenters. The number of benzene rings is 1. The highest BCUT2D eigenvalue weighted by Crippen LogP contribution is 2.22. The third-order valence-corrected chi connectivity index (χ3v) is 1.71. The highest BCUT2D eigenvalue weighted by Gasteiger charge is 2.30. The van der Waals surface area contributed by atoms with E-state index in [1.54, 1.807) is 6.21 Å². The summed E-state index contributed by atoms with van der Waals surface area (Å²) in [5, 5.41) is 0. The Kier molecular flexibility index (Phi) is 3.80. The van der Waals surface area contributed by atoms with Crippen LogP contribution in [-0.2, 0) is 0 Å².